The summed E-state index contributed by atoms with van der Waals surface area (Å²) in [5.74, 6) is 0.553. The number of piperazine rings is 1. The largest absolute Gasteiger partial charge is 0.340 e. The molecule has 2 fully saturated rings. The van der Waals surface area contributed by atoms with Crippen molar-refractivity contribution in [2.45, 2.75) is 18.9 Å². The number of rotatable bonds is 2. The van der Waals surface area contributed by atoms with Crippen molar-refractivity contribution >= 4 is 5.91 Å². The number of carbonyl (C=O) groups is 1. The van der Waals surface area contributed by atoms with Gasteiger partial charge >= 0.3 is 0 Å². The van der Waals surface area contributed by atoms with Gasteiger partial charge in [-0.2, -0.15) is 0 Å². The van der Waals surface area contributed by atoms with Gasteiger partial charge in [-0.15, -0.1) is 0 Å². The summed E-state index contributed by atoms with van der Waals surface area (Å²) in [6, 6.07) is 9.21. The quantitative estimate of drug-likeness (QED) is 0.860. The highest BCUT2D eigenvalue weighted by Gasteiger charge is 2.34. The van der Waals surface area contributed by atoms with Crippen molar-refractivity contribution in [1.82, 2.24) is 15.1 Å². The number of nitrogens with one attached hydrogen (secondary N) is 1. The topological polar surface area (TPSA) is 35.6 Å². The first-order valence-corrected chi connectivity index (χ1v) is 8.11. The number of hydrogen-bond acceptors (Lipinski definition) is 3. The second kappa shape index (κ2) is 5.43. The van der Waals surface area contributed by atoms with Crippen LogP contribution in [0.1, 0.15) is 11.1 Å². The van der Waals surface area contributed by atoms with E-state index in [4.69, 9.17) is 0 Å². The second-order valence-electron chi connectivity index (χ2n) is 6.55. The summed E-state index contributed by atoms with van der Waals surface area (Å²) in [7, 11) is 0. The van der Waals surface area contributed by atoms with E-state index in [0.29, 0.717) is 11.9 Å². The Hall–Kier alpha value is -1.39. The predicted molar refractivity (Wildman–Crippen MR) is 82.2 cm³/mol. The molecule has 2 saturated heterocycles. The molecule has 1 aromatic carbocycles. The Morgan fingerprint density at radius 3 is 2.14 bits per heavy atom. The Balaban J connectivity index is 1.34. The Kier molecular flexibility index (Phi) is 3.43. The van der Waals surface area contributed by atoms with E-state index in [1.165, 1.54) is 11.1 Å². The van der Waals surface area contributed by atoms with Crippen LogP contribution in [-0.2, 0) is 17.6 Å². The van der Waals surface area contributed by atoms with Gasteiger partial charge in [0.1, 0.15) is 0 Å². The molecule has 0 bridgehead atoms. The van der Waals surface area contributed by atoms with Gasteiger partial charge in [-0.05, 0) is 24.0 Å². The van der Waals surface area contributed by atoms with Crippen LogP contribution in [0.25, 0.3) is 0 Å². The van der Waals surface area contributed by atoms with Gasteiger partial charge in [0, 0.05) is 51.2 Å². The molecule has 0 unspecified atom stereocenters. The van der Waals surface area contributed by atoms with E-state index in [0.717, 1.165) is 52.1 Å². The predicted octanol–water partition coefficient (Wildman–Crippen LogP) is 0.517. The van der Waals surface area contributed by atoms with Gasteiger partial charge in [0.05, 0.1) is 0 Å². The van der Waals surface area contributed by atoms with Crippen LogP contribution >= 0.6 is 0 Å². The van der Waals surface area contributed by atoms with E-state index in [1.807, 2.05) is 0 Å². The van der Waals surface area contributed by atoms with E-state index in [9.17, 15) is 4.79 Å². The number of benzene rings is 1. The van der Waals surface area contributed by atoms with Crippen molar-refractivity contribution in [3.05, 3.63) is 35.4 Å². The molecule has 3 aliphatic rings. The zero-order valence-corrected chi connectivity index (χ0v) is 12.4. The zero-order valence-electron chi connectivity index (χ0n) is 12.4. The monoisotopic (exact) mass is 285 g/mol. The molecule has 0 spiro atoms. The van der Waals surface area contributed by atoms with Gasteiger partial charge in [-0.25, -0.2) is 0 Å². The Labute approximate surface area is 126 Å². The van der Waals surface area contributed by atoms with Gasteiger partial charge in [-0.1, -0.05) is 24.3 Å². The van der Waals surface area contributed by atoms with Crippen molar-refractivity contribution in [3.63, 3.8) is 0 Å². The lowest BCUT2D eigenvalue weighted by atomic mass is 10.0. The first-order valence-electron chi connectivity index (χ1n) is 8.11. The molecular formula is C17H23N3O. The highest BCUT2D eigenvalue weighted by Crippen LogP contribution is 2.28. The molecule has 4 heteroatoms. The molecule has 0 radical (unpaired) electrons. The molecular weight excluding hydrogens is 262 g/mol. The second-order valence-corrected chi connectivity index (χ2v) is 6.55. The van der Waals surface area contributed by atoms with Crippen molar-refractivity contribution in [3.8, 4) is 0 Å². The lowest BCUT2D eigenvalue weighted by molar-refractivity contribution is -0.137. The third kappa shape index (κ3) is 2.47. The average molecular weight is 285 g/mol. The van der Waals surface area contributed by atoms with E-state index in [2.05, 4.69) is 39.4 Å². The molecule has 0 aromatic heterocycles. The molecule has 1 N–H and O–H groups in total. The molecule has 2 aliphatic heterocycles. The summed E-state index contributed by atoms with van der Waals surface area (Å²) >= 11 is 0. The summed E-state index contributed by atoms with van der Waals surface area (Å²) in [4.78, 5) is 17.4. The lowest BCUT2D eigenvalue weighted by Crippen LogP contribution is -2.62. The van der Waals surface area contributed by atoms with Crippen LogP contribution < -0.4 is 5.32 Å². The summed E-state index contributed by atoms with van der Waals surface area (Å²) in [6.07, 6.45) is 1.86. The molecule has 2 heterocycles. The molecule has 1 aromatic rings. The third-order valence-corrected chi connectivity index (χ3v) is 5.30. The van der Waals surface area contributed by atoms with Crippen LogP contribution in [0.5, 0.6) is 0 Å². The smallest absolute Gasteiger partial charge is 0.226 e. The number of amides is 1. The van der Waals surface area contributed by atoms with Crippen LogP contribution in [0, 0.1) is 5.92 Å². The number of nitrogens with zero attached hydrogens (tertiary/aromatic N) is 2. The standard InChI is InChI=1S/C17H23N3O/c21-17(15-9-13-3-1-2-4-14(13)10-15)20-7-5-19(6-8-20)16-11-18-12-16/h1-4,15-16,18H,5-12H2. The minimum Gasteiger partial charge on any atom is -0.340 e. The third-order valence-electron chi connectivity index (χ3n) is 5.30. The highest BCUT2D eigenvalue weighted by molar-refractivity contribution is 5.80. The van der Waals surface area contributed by atoms with Crippen molar-refractivity contribution < 1.29 is 4.79 Å². The first-order chi connectivity index (χ1) is 10.3. The Morgan fingerprint density at radius 2 is 1.62 bits per heavy atom. The molecule has 4 rings (SSSR count). The first kappa shape index (κ1) is 13.3. The Morgan fingerprint density at radius 1 is 1.00 bits per heavy atom. The summed E-state index contributed by atoms with van der Waals surface area (Å²) in [6.45, 7) is 6.12. The van der Waals surface area contributed by atoms with Crippen LogP contribution in [0.4, 0.5) is 0 Å². The number of fused-ring (bicyclic) bond motifs is 1. The molecule has 21 heavy (non-hydrogen) atoms. The minimum atomic E-state index is 0.180. The minimum absolute atomic E-state index is 0.180. The maximum atomic E-state index is 12.7. The normalized spacial score (nSPS) is 23.9. The van der Waals surface area contributed by atoms with Crippen LogP contribution in [0.15, 0.2) is 24.3 Å². The van der Waals surface area contributed by atoms with E-state index >= 15 is 0 Å². The van der Waals surface area contributed by atoms with Gasteiger partial charge in [0.15, 0.2) is 0 Å². The van der Waals surface area contributed by atoms with Crippen molar-refractivity contribution in [2.24, 2.45) is 5.92 Å². The van der Waals surface area contributed by atoms with Gasteiger partial charge in [-0.3, -0.25) is 9.69 Å². The average Bonchev–Trinajstić information content (AvgIpc) is 2.89. The van der Waals surface area contributed by atoms with Crippen LogP contribution in [0.3, 0.4) is 0 Å². The number of carbonyl (C=O) groups excluding carboxylic acids is 1. The SMILES string of the molecule is O=C(C1Cc2ccccc2C1)N1CCN(C2CNC2)CC1. The van der Waals surface area contributed by atoms with Crippen LogP contribution in [0.2, 0.25) is 0 Å². The number of hydrogen-bond donors (Lipinski definition) is 1. The highest BCUT2D eigenvalue weighted by atomic mass is 16.2. The molecule has 0 atom stereocenters. The molecule has 1 amide bonds. The fourth-order valence-corrected chi connectivity index (χ4v) is 3.83. The van der Waals surface area contributed by atoms with Gasteiger partial charge < -0.3 is 10.2 Å². The van der Waals surface area contributed by atoms with E-state index in [1.54, 1.807) is 0 Å². The zero-order chi connectivity index (χ0) is 14.2. The maximum Gasteiger partial charge on any atom is 0.226 e. The summed E-state index contributed by atoms with van der Waals surface area (Å²) < 4.78 is 0. The van der Waals surface area contributed by atoms with E-state index < -0.39 is 0 Å². The van der Waals surface area contributed by atoms with Gasteiger partial charge in [0.2, 0.25) is 5.91 Å². The maximum absolute atomic E-state index is 12.7. The molecule has 0 saturated carbocycles. The summed E-state index contributed by atoms with van der Waals surface area (Å²) in [5.41, 5.74) is 2.74. The fraction of sp³-hybridized carbons (Fsp3) is 0.588. The molecule has 112 valence electrons. The fourth-order valence-electron chi connectivity index (χ4n) is 3.83. The van der Waals surface area contributed by atoms with E-state index in [-0.39, 0.29) is 5.92 Å². The van der Waals surface area contributed by atoms with Crippen molar-refractivity contribution in [2.75, 3.05) is 39.3 Å². The van der Waals surface area contributed by atoms with Gasteiger partial charge in [0.25, 0.3) is 0 Å². The molecule has 1 aliphatic carbocycles. The summed E-state index contributed by atoms with van der Waals surface area (Å²) in [5, 5.41) is 3.33. The molecule has 4 nitrogen and oxygen atoms in total. The Bertz CT molecular complexity index is 508. The lowest BCUT2D eigenvalue weighted by Gasteiger charge is -2.43. The van der Waals surface area contributed by atoms with Crippen molar-refractivity contribution in [1.29, 1.82) is 0 Å². The van der Waals surface area contributed by atoms with Crippen LogP contribution in [-0.4, -0.2) is 61.0 Å².